The van der Waals surface area contributed by atoms with Crippen molar-refractivity contribution in [3.63, 3.8) is 0 Å². The summed E-state index contributed by atoms with van der Waals surface area (Å²) in [7, 11) is 0. The molecule has 0 amide bonds. The molecular weight excluding hydrogens is 410 g/mol. The van der Waals surface area contributed by atoms with Gasteiger partial charge in [0.15, 0.2) is 5.96 Å². The van der Waals surface area contributed by atoms with Gasteiger partial charge < -0.3 is 20.1 Å². The summed E-state index contributed by atoms with van der Waals surface area (Å²) in [6.45, 7) is 6.13. The number of nitrogens with one attached hydrogen (secondary N) is 2. The summed E-state index contributed by atoms with van der Waals surface area (Å²) in [4.78, 5) is 15.5. The molecule has 1 fully saturated rings. The summed E-state index contributed by atoms with van der Waals surface area (Å²) in [6, 6.07) is 12.6. The van der Waals surface area contributed by atoms with E-state index in [1.54, 1.807) is 12.4 Å². The van der Waals surface area contributed by atoms with Gasteiger partial charge in [0.1, 0.15) is 5.82 Å². The molecule has 8 heteroatoms. The van der Waals surface area contributed by atoms with Gasteiger partial charge in [0, 0.05) is 50.8 Å². The number of aliphatic imine (C=N–C) groups is 1. The maximum atomic E-state index is 6.31. The predicted molar refractivity (Wildman–Crippen MR) is 126 cm³/mol. The Morgan fingerprint density at radius 1 is 1.19 bits per heavy atom. The first kappa shape index (κ1) is 21.2. The van der Waals surface area contributed by atoms with E-state index < -0.39 is 0 Å². The molecule has 3 aromatic rings. The third-order valence-corrected chi connectivity index (χ3v) is 5.57. The lowest BCUT2D eigenvalue weighted by Gasteiger charge is -2.20. The van der Waals surface area contributed by atoms with Crippen molar-refractivity contribution in [1.29, 1.82) is 0 Å². The van der Waals surface area contributed by atoms with Crippen molar-refractivity contribution >= 4 is 23.4 Å². The second-order valence-corrected chi connectivity index (χ2v) is 8.04. The molecule has 1 aliphatic rings. The number of benzene rings is 1. The van der Waals surface area contributed by atoms with Crippen LogP contribution in [0, 0.1) is 0 Å². The van der Waals surface area contributed by atoms with Crippen molar-refractivity contribution in [2.24, 2.45) is 4.99 Å². The molecule has 0 bridgehead atoms. The van der Waals surface area contributed by atoms with Crippen molar-refractivity contribution in [2.75, 3.05) is 24.5 Å². The molecule has 0 aliphatic carbocycles. The van der Waals surface area contributed by atoms with Crippen LogP contribution in [-0.4, -0.2) is 46.2 Å². The number of nitrogens with zero attached hydrogens (tertiary/aromatic N) is 5. The van der Waals surface area contributed by atoms with Gasteiger partial charge in [-0.1, -0.05) is 35.9 Å². The van der Waals surface area contributed by atoms with Crippen LogP contribution in [0.5, 0.6) is 0 Å². The van der Waals surface area contributed by atoms with Gasteiger partial charge in [0.2, 0.25) is 0 Å². The number of pyridine rings is 1. The molecule has 2 aromatic heterocycles. The van der Waals surface area contributed by atoms with Crippen LogP contribution in [0.25, 0.3) is 0 Å². The quantitative estimate of drug-likeness (QED) is 0.438. The van der Waals surface area contributed by atoms with E-state index in [9.17, 15) is 0 Å². The number of guanidine groups is 1. The summed E-state index contributed by atoms with van der Waals surface area (Å²) < 4.78 is 2.06. The third-order valence-electron chi connectivity index (χ3n) is 5.28. The minimum absolute atomic E-state index is 0.299. The lowest BCUT2D eigenvalue weighted by molar-refractivity contribution is 0.649. The van der Waals surface area contributed by atoms with Gasteiger partial charge in [-0.05, 0) is 36.6 Å². The number of imidazole rings is 1. The average Bonchev–Trinajstić information content (AvgIpc) is 3.46. The van der Waals surface area contributed by atoms with Gasteiger partial charge in [0.05, 0.1) is 17.9 Å². The van der Waals surface area contributed by atoms with Crippen LogP contribution in [0.15, 0.2) is 66.3 Å². The maximum absolute atomic E-state index is 6.31. The van der Waals surface area contributed by atoms with Gasteiger partial charge in [-0.2, -0.15) is 0 Å². The zero-order valence-corrected chi connectivity index (χ0v) is 18.5. The molecule has 1 atom stereocenters. The Morgan fingerprint density at radius 3 is 2.77 bits per heavy atom. The van der Waals surface area contributed by atoms with Crippen LogP contribution in [0.1, 0.15) is 24.5 Å². The van der Waals surface area contributed by atoms with E-state index in [-0.39, 0.29) is 0 Å². The topological polar surface area (TPSA) is 70.4 Å². The molecular formula is C23H28ClN7. The fourth-order valence-corrected chi connectivity index (χ4v) is 3.95. The number of anilines is 1. The normalized spacial score (nSPS) is 16.5. The largest absolute Gasteiger partial charge is 0.357 e. The molecule has 0 radical (unpaired) electrons. The molecule has 7 nitrogen and oxygen atoms in total. The van der Waals surface area contributed by atoms with E-state index in [0.717, 1.165) is 44.4 Å². The number of hydrogen-bond donors (Lipinski definition) is 2. The fraction of sp³-hybridized carbons (Fsp3) is 0.348. The lowest BCUT2D eigenvalue weighted by atomic mass is 10.1. The molecule has 31 heavy (non-hydrogen) atoms. The van der Waals surface area contributed by atoms with Crippen LogP contribution in [0.2, 0.25) is 5.02 Å². The molecule has 1 aliphatic heterocycles. The highest BCUT2D eigenvalue weighted by Crippen LogP contribution is 2.25. The maximum Gasteiger partial charge on any atom is 0.191 e. The van der Waals surface area contributed by atoms with Gasteiger partial charge in [-0.15, -0.1) is 0 Å². The Hall–Kier alpha value is -3.06. The highest BCUT2D eigenvalue weighted by Gasteiger charge is 2.25. The number of rotatable bonds is 7. The van der Waals surface area contributed by atoms with Crippen molar-refractivity contribution in [3.05, 3.63) is 77.5 Å². The first-order valence-electron chi connectivity index (χ1n) is 10.6. The summed E-state index contributed by atoms with van der Waals surface area (Å²) in [5, 5.41) is 7.61. The molecule has 3 heterocycles. The van der Waals surface area contributed by atoms with E-state index in [1.165, 1.54) is 11.1 Å². The van der Waals surface area contributed by atoms with E-state index in [1.807, 2.05) is 24.7 Å². The van der Waals surface area contributed by atoms with E-state index in [0.29, 0.717) is 17.6 Å². The number of hydrogen-bond acceptors (Lipinski definition) is 4. The fourth-order valence-electron chi connectivity index (χ4n) is 3.71. The summed E-state index contributed by atoms with van der Waals surface area (Å²) in [5.41, 5.74) is 2.43. The van der Waals surface area contributed by atoms with Gasteiger partial charge in [-0.3, -0.25) is 0 Å². The second kappa shape index (κ2) is 10.3. The second-order valence-electron chi connectivity index (χ2n) is 7.63. The van der Waals surface area contributed by atoms with Gasteiger partial charge in [0.25, 0.3) is 0 Å². The highest BCUT2D eigenvalue weighted by molar-refractivity contribution is 6.32. The molecule has 4 rings (SSSR count). The van der Waals surface area contributed by atoms with Crippen molar-refractivity contribution < 1.29 is 0 Å². The van der Waals surface area contributed by atoms with Crippen molar-refractivity contribution in [1.82, 2.24) is 25.2 Å². The lowest BCUT2D eigenvalue weighted by Crippen LogP contribution is -2.44. The monoisotopic (exact) mass is 437 g/mol. The predicted octanol–water partition coefficient (Wildman–Crippen LogP) is 3.31. The number of halogens is 1. The molecule has 1 aromatic carbocycles. The Bertz CT molecular complexity index is 985. The Morgan fingerprint density at radius 2 is 2.03 bits per heavy atom. The van der Waals surface area contributed by atoms with Crippen LogP contribution >= 0.6 is 11.6 Å². The first-order valence-corrected chi connectivity index (χ1v) is 11.0. The molecule has 1 unspecified atom stereocenters. The minimum Gasteiger partial charge on any atom is -0.357 e. The Labute approximate surface area is 188 Å². The molecule has 0 spiro atoms. The summed E-state index contributed by atoms with van der Waals surface area (Å²) >= 11 is 6.31. The highest BCUT2D eigenvalue weighted by atomic mass is 35.5. The Balaban J connectivity index is 1.33. The zero-order chi connectivity index (χ0) is 21.5. The SMILES string of the molecule is CCNC(=NCc1ccc(Cn2ccnc2)cc1)NC1CCN(c2ncccc2Cl)C1. The molecule has 2 N–H and O–H groups in total. The van der Waals surface area contributed by atoms with Crippen LogP contribution < -0.4 is 15.5 Å². The average molecular weight is 438 g/mol. The minimum atomic E-state index is 0.299. The van der Waals surface area contributed by atoms with E-state index in [2.05, 4.69) is 61.3 Å². The van der Waals surface area contributed by atoms with Crippen molar-refractivity contribution in [2.45, 2.75) is 32.5 Å². The van der Waals surface area contributed by atoms with E-state index in [4.69, 9.17) is 16.6 Å². The smallest absolute Gasteiger partial charge is 0.191 e. The zero-order valence-electron chi connectivity index (χ0n) is 17.7. The van der Waals surface area contributed by atoms with Crippen LogP contribution in [0.4, 0.5) is 5.82 Å². The first-order chi connectivity index (χ1) is 15.2. The van der Waals surface area contributed by atoms with Gasteiger partial charge in [-0.25, -0.2) is 15.0 Å². The Kier molecular flexibility index (Phi) is 7.04. The third kappa shape index (κ3) is 5.76. The summed E-state index contributed by atoms with van der Waals surface area (Å²) in [5.74, 6) is 1.69. The standard InChI is InChI=1S/C23H28ClN7/c1-2-26-23(29-20-9-12-31(16-20)22-21(24)4-3-10-27-22)28-14-18-5-7-19(8-6-18)15-30-13-11-25-17-30/h3-8,10-11,13,17,20H,2,9,12,14-16H2,1H3,(H2,26,28,29). The van der Waals surface area contributed by atoms with Gasteiger partial charge >= 0.3 is 0 Å². The summed E-state index contributed by atoms with van der Waals surface area (Å²) in [6.07, 6.45) is 8.40. The van der Waals surface area contributed by atoms with Crippen LogP contribution in [-0.2, 0) is 13.1 Å². The molecule has 0 saturated carbocycles. The van der Waals surface area contributed by atoms with Crippen LogP contribution in [0.3, 0.4) is 0 Å². The molecule has 162 valence electrons. The van der Waals surface area contributed by atoms with E-state index >= 15 is 0 Å². The van der Waals surface area contributed by atoms with Crippen molar-refractivity contribution in [3.8, 4) is 0 Å². The number of aromatic nitrogens is 3. The molecule has 1 saturated heterocycles.